The van der Waals surface area contributed by atoms with Crippen molar-refractivity contribution >= 4 is 0 Å². The van der Waals surface area contributed by atoms with E-state index in [-0.39, 0.29) is 5.75 Å². The van der Waals surface area contributed by atoms with Crippen LogP contribution >= 0.6 is 0 Å². The number of benzene rings is 1. The zero-order valence-corrected chi connectivity index (χ0v) is 8.98. The fourth-order valence-corrected chi connectivity index (χ4v) is 1.44. The molecule has 2 aromatic rings. The molecular weight excluding hydrogens is 245 g/mol. The minimum atomic E-state index is -4.69. The second-order valence-electron chi connectivity index (χ2n) is 3.46. The molecular formula is C12H7F3N2O. The van der Waals surface area contributed by atoms with Gasteiger partial charge in [-0.25, -0.2) is 0 Å². The third kappa shape index (κ3) is 2.83. The van der Waals surface area contributed by atoms with E-state index in [1.807, 2.05) is 6.07 Å². The van der Waals surface area contributed by atoms with Crippen molar-refractivity contribution in [2.45, 2.75) is 6.36 Å². The van der Waals surface area contributed by atoms with Crippen LogP contribution in [-0.4, -0.2) is 10.9 Å². The molecule has 0 amide bonds. The Balaban J connectivity index is 2.20. The third-order valence-corrected chi connectivity index (χ3v) is 2.19. The smallest absolute Gasteiger partial charge is 0.406 e. The number of nitriles is 1. The maximum Gasteiger partial charge on any atom is 0.573 e. The highest BCUT2D eigenvalue weighted by atomic mass is 19.4. The van der Waals surface area contributed by atoms with E-state index >= 15 is 0 Å². The average Bonchev–Trinajstić information content (AvgIpc) is 2.76. The molecule has 1 heterocycles. The quantitative estimate of drug-likeness (QED) is 0.822. The molecule has 0 unspecified atom stereocenters. The van der Waals surface area contributed by atoms with Gasteiger partial charge < -0.3 is 9.30 Å². The van der Waals surface area contributed by atoms with Gasteiger partial charge in [-0.1, -0.05) is 0 Å². The number of nitrogens with zero attached hydrogens (tertiary/aromatic N) is 2. The molecule has 3 nitrogen and oxygen atoms in total. The molecule has 92 valence electrons. The molecule has 0 aliphatic rings. The van der Waals surface area contributed by atoms with Gasteiger partial charge in [-0.2, -0.15) is 5.26 Å². The molecule has 0 N–H and O–H groups in total. The average molecular weight is 252 g/mol. The summed E-state index contributed by atoms with van der Waals surface area (Å²) in [6.07, 6.45) is -1.46. The fourth-order valence-electron chi connectivity index (χ4n) is 1.44. The normalized spacial score (nSPS) is 11.0. The molecule has 0 aliphatic heterocycles. The van der Waals surface area contributed by atoms with Crippen LogP contribution in [0.2, 0.25) is 0 Å². The number of hydrogen-bond acceptors (Lipinski definition) is 2. The summed E-state index contributed by atoms with van der Waals surface area (Å²) < 4.78 is 41.2. The summed E-state index contributed by atoms with van der Waals surface area (Å²) in [6, 6.07) is 8.96. The molecule has 0 spiro atoms. The lowest BCUT2D eigenvalue weighted by molar-refractivity contribution is -0.274. The van der Waals surface area contributed by atoms with Gasteiger partial charge in [0.15, 0.2) is 0 Å². The van der Waals surface area contributed by atoms with Crippen molar-refractivity contribution in [1.29, 1.82) is 5.26 Å². The Morgan fingerprint density at radius 2 is 1.78 bits per heavy atom. The van der Waals surface area contributed by atoms with Crippen molar-refractivity contribution in [3.8, 4) is 17.5 Å². The maximum absolute atomic E-state index is 12.0. The Hall–Kier alpha value is -2.42. The molecule has 0 aliphatic carbocycles. The van der Waals surface area contributed by atoms with Crippen LogP contribution in [-0.2, 0) is 0 Å². The molecule has 0 fully saturated rings. The molecule has 0 atom stereocenters. The minimum absolute atomic E-state index is 0.279. The summed E-state index contributed by atoms with van der Waals surface area (Å²) in [4.78, 5) is 0. The van der Waals surface area contributed by atoms with Crippen LogP contribution in [0.4, 0.5) is 13.2 Å². The van der Waals surface area contributed by atoms with Crippen molar-refractivity contribution in [1.82, 2.24) is 4.57 Å². The molecule has 2 rings (SSSR count). The lowest BCUT2D eigenvalue weighted by atomic mass is 10.3. The highest BCUT2D eigenvalue weighted by Crippen LogP contribution is 2.23. The molecule has 6 heteroatoms. The van der Waals surface area contributed by atoms with Crippen LogP contribution < -0.4 is 4.74 Å². The summed E-state index contributed by atoms with van der Waals surface area (Å²) in [5.41, 5.74) is 1.12. The Bertz CT molecular complexity index is 579. The predicted molar refractivity (Wildman–Crippen MR) is 57.2 cm³/mol. The summed E-state index contributed by atoms with van der Waals surface area (Å²) in [5.74, 6) is -0.279. The number of halogens is 3. The van der Waals surface area contributed by atoms with E-state index < -0.39 is 6.36 Å². The van der Waals surface area contributed by atoms with Gasteiger partial charge in [0.1, 0.15) is 11.8 Å². The third-order valence-electron chi connectivity index (χ3n) is 2.19. The first-order chi connectivity index (χ1) is 8.48. The van der Waals surface area contributed by atoms with Crippen LogP contribution in [0.5, 0.6) is 5.75 Å². The van der Waals surface area contributed by atoms with Gasteiger partial charge in [-0.05, 0) is 30.3 Å². The standard InChI is InChI=1S/C12H7F3N2O/c13-12(14,15)18-11-3-1-10(2-4-11)17-6-5-9(7-16)8-17/h1-6,8H. The Kier molecular flexibility index (Phi) is 2.98. The minimum Gasteiger partial charge on any atom is -0.406 e. The second kappa shape index (κ2) is 4.45. The molecule has 0 bridgehead atoms. The van der Waals surface area contributed by atoms with Crippen LogP contribution in [0.25, 0.3) is 5.69 Å². The molecule has 1 aromatic heterocycles. The van der Waals surface area contributed by atoms with Crippen molar-refractivity contribution < 1.29 is 17.9 Å². The van der Waals surface area contributed by atoms with E-state index in [9.17, 15) is 13.2 Å². The number of hydrogen-bond donors (Lipinski definition) is 0. The Morgan fingerprint density at radius 3 is 2.28 bits per heavy atom. The van der Waals surface area contributed by atoms with Crippen molar-refractivity contribution in [2.24, 2.45) is 0 Å². The van der Waals surface area contributed by atoms with Gasteiger partial charge >= 0.3 is 6.36 Å². The van der Waals surface area contributed by atoms with Crippen molar-refractivity contribution in [3.63, 3.8) is 0 Å². The van der Waals surface area contributed by atoms with Gasteiger partial charge in [0, 0.05) is 18.1 Å². The van der Waals surface area contributed by atoms with E-state index in [1.165, 1.54) is 24.3 Å². The zero-order chi connectivity index (χ0) is 13.2. The van der Waals surface area contributed by atoms with E-state index in [0.29, 0.717) is 11.3 Å². The largest absolute Gasteiger partial charge is 0.573 e. The van der Waals surface area contributed by atoms with Crippen LogP contribution in [0.3, 0.4) is 0 Å². The molecule has 0 saturated heterocycles. The van der Waals surface area contributed by atoms with E-state index in [4.69, 9.17) is 5.26 Å². The van der Waals surface area contributed by atoms with Crippen LogP contribution in [0.1, 0.15) is 5.56 Å². The van der Waals surface area contributed by atoms with Gasteiger partial charge in [-0.3, -0.25) is 0 Å². The highest BCUT2D eigenvalue weighted by Gasteiger charge is 2.30. The first-order valence-corrected chi connectivity index (χ1v) is 4.92. The van der Waals surface area contributed by atoms with Crippen molar-refractivity contribution in [2.75, 3.05) is 0 Å². The molecule has 1 aromatic carbocycles. The number of alkyl halides is 3. The fraction of sp³-hybridized carbons (Fsp3) is 0.0833. The highest BCUT2D eigenvalue weighted by molar-refractivity contribution is 5.40. The number of aromatic nitrogens is 1. The SMILES string of the molecule is N#Cc1ccn(-c2ccc(OC(F)(F)F)cc2)c1. The van der Waals surface area contributed by atoms with Gasteiger partial charge in [-0.15, -0.1) is 13.2 Å². The molecule has 0 saturated carbocycles. The first kappa shape index (κ1) is 12.0. The summed E-state index contributed by atoms with van der Waals surface area (Å²) in [6.45, 7) is 0. The predicted octanol–water partition coefficient (Wildman–Crippen LogP) is 3.25. The topological polar surface area (TPSA) is 38.0 Å². The van der Waals surface area contributed by atoms with Crippen molar-refractivity contribution in [3.05, 3.63) is 48.3 Å². The lowest BCUT2D eigenvalue weighted by Gasteiger charge is -2.09. The van der Waals surface area contributed by atoms with E-state index in [1.54, 1.807) is 23.0 Å². The number of rotatable bonds is 2. The number of ether oxygens (including phenoxy) is 1. The molecule has 0 radical (unpaired) electrons. The Morgan fingerprint density at radius 1 is 1.11 bits per heavy atom. The summed E-state index contributed by atoms with van der Waals surface area (Å²) in [5, 5.41) is 8.66. The lowest BCUT2D eigenvalue weighted by Crippen LogP contribution is -2.17. The second-order valence-corrected chi connectivity index (χ2v) is 3.46. The zero-order valence-electron chi connectivity index (χ0n) is 8.98. The van der Waals surface area contributed by atoms with Gasteiger partial charge in [0.2, 0.25) is 0 Å². The van der Waals surface area contributed by atoms with Crippen LogP contribution in [0, 0.1) is 11.3 Å². The van der Waals surface area contributed by atoms with E-state index in [0.717, 1.165) is 0 Å². The molecule has 18 heavy (non-hydrogen) atoms. The van der Waals surface area contributed by atoms with E-state index in [2.05, 4.69) is 4.74 Å². The van der Waals surface area contributed by atoms with Gasteiger partial charge in [0.25, 0.3) is 0 Å². The van der Waals surface area contributed by atoms with Crippen LogP contribution in [0.15, 0.2) is 42.7 Å². The monoisotopic (exact) mass is 252 g/mol. The summed E-state index contributed by atoms with van der Waals surface area (Å²) >= 11 is 0. The maximum atomic E-state index is 12.0. The summed E-state index contributed by atoms with van der Waals surface area (Å²) in [7, 11) is 0. The Labute approximate surface area is 101 Å². The first-order valence-electron chi connectivity index (χ1n) is 4.92. The van der Waals surface area contributed by atoms with Gasteiger partial charge in [0.05, 0.1) is 5.56 Å².